The van der Waals surface area contributed by atoms with Crippen molar-refractivity contribution in [1.82, 2.24) is 10.6 Å². The number of amides is 2. The molecule has 3 fully saturated rings. The van der Waals surface area contributed by atoms with E-state index in [1.807, 2.05) is 0 Å². The van der Waals surface area contributed by atoms with Crippen molar-refractivity contribution < 1.29 is 104 Å². The van der Waals surface area contributed by atoms with Crippen molar-refractivity contribution >= 4 is 17.8 Å². The second kappa shape index (κ2) is 55.9. The van der Waals surface area contributed by atoms with E-state index < -0.39 is 148 Å². The lowest BCUT2D eigenvalue weighted by molar-refractivity contribution is -0.386. The Bertz CT molecular complexity index is 2030. The summed E-state index contributed by atoms with van der Waals surface area (Å²) in [6.07, 6.45) is 29.1. The van der Waals surface area contributed by atoms with E-state index in [9.17, 15) is 75.7 Å². The maximum absolute atomic E-state index is 13.5. The van der Waals surface area contributed by atoms with Crippen LogP contribution in [0.5, 0.6) is 0 Å². The summed E-state index contributed by atoms with van der Waals surface area (Å²) >= 11 is 0. The van der Waals surface area contributed by atoms with Gasteiger partial charge in [-0.25, -0.2) is 4.79 Å². The first kappa shape index (κ1) is 90.7. The minimum Gasteiger partial charge on any atom is -0.477 e. The molecule has 0 aliphatic carbocycles. The monoisotopic (exact) mass is 1420 g/mol. The van der Waals surface area contributed by atoms with E-state index in [2.05, 4.69) is 36.6 Å². The minimum absolute atomic E-state index is 0.222. The Kier molecular flexibility index (Phi) is 51.2. The third kappa shape index (κ3) is 36.8. The summed E-state index contributed by atoms with van der Waals surface area (Å²) in [5, 5.41) is 137. The molecule has 0 aromatic rings. The van der Waals surface area contributed by atoms with Crippen molar-refractivity contribution in [2.45, 2.75) is 426 Å². The third-order valence-electron chi connectivity index (χ3n) is 20.2. The van der Waals surface area contributed by atoms with Gasteiger partial charge < -0.3 is 100 Å². The van der Waals surface area contributed by atoms with Gasteiger partial charge >= 0.3 is 5.97 Å². The zero-order valence-corrected chi connectivity index (χ0v) is 61.4. The molecule has 18 unspecified atom stereocenters. The van der Waals surface area contributed by atoms with Gasteiger partial charge in [-0.05, 0) is 38.5 Å². The molecule has 14 N–H and O–H groups in total. The quantitative estimate of drug-likeness (QED) is 0.0199. The number of carbonyl (C=O) groups excluding carboxylic acids is 2. The molecule has 3 aliphatic rings. The fourth-order valence-corrected chi connectivity index (χ4v) is 13.9. The number of hydrogen-bond donors (Lipinski definition) is 14. The molecule has 0 bridgehead atoms. The Hall–Kier alpha value is -2.53. The fraction of sp³-hybridized carbons (Fsp3) is 0.934. The van der Waals surface area contributed by atoms with Gasteiger partial charge in [0.25, 0.3) is 5.79 Å². The molecule has 0 aromatic carbocycles. The van der Waals surface area contributed by atoms with Crippen LogP contribution in [0.4, 0.5) is 0 Å². The van der Waals surface area contributed by atoms with Crippen molar-refractivity contribution in [3.05, 3.63) is 12.2 Å². The molecule has 0 aromatic heterocycles. The van der Waals surface area contributed by atoms with Gasteiger partial charge in [0.2, 0.25) is 11.8 Å². The smallest absolute Gasteiger partial charge is 0.364 e. The normalized spacial score (nSPS) is 27.1. The molecule has 23 nitrogen and oxygen atoms in total. The molecule has 2 amide bonds. The number of aliphatic hydroxyl groups excluding tert-OH is 11. The van der Waals surface area contributed by atoms with Gasteiger partial charge in [-0.2, -0.15) is 0 Å². The van der Waals surface area contributed by atoms with Crippen LogP contribution in [0, 0.1) is 0 Å². The Balaban J connectivity index is 1.53. The Morgan fingerprint density at radius 3 is 1.36 bits per heavy atom. The molecule has 23 heteroatoms. The standard InChI is InChI=1S/C76H142N2O21/c1-4-6-8-10-12-14-16-18-20-22-24-26-27-28-30-32-34-36-38-40-42-44-46-48-50-63(86)78-57(58(83)49-47-45-43-41-39-37-35-33-31-29-25-23-21-19-17-15-13-11-9-7-5-2)55-94-73-68(90)67(89)70(62(54-81)96-73)97-74-69(91)72(66(88)61(53-80)95-74)99-76(75(92)93)51-59(84)64(77-56(3)82)71(98-76)65(87)60(85)52-79/h28,30,57-62,64-74,79-81,83-85,87-91H,4-27,29,31-55H2,1-3H3,(H,77,82)(H,78,86)(H,92,93)/b30-28-. The van der Waals surface area contributed by atoms with Crippen LogP contribution >= 0.6 is 0 Å². The molecule has 0 spiro atoms. The average Bonchev–Trinajstić information content (AvgIpc) is 0.740. The maximum atomic E-state index is 13.5. The van der Waals surface area contributed by atoms with E-state index in [0.717, 1.165) is 64.7 Å². The molecule has 3 aliphatic heterocycles. The number of ether oxygens (including phenoxy) is 6. The lowest BCUT2D eigenvalue weighted by atomic mass is 9.88. The summed E-state index contributed by atoms with van der Waals surface area (Å²) in [6.45, 7) is 2.25. The van der Waals surface area contributed by atoms with Crippen molar-refractivity contribution in [2.24, 2.45) is 0 Å². The molecular weight excluding hydrogens is 1280 g/mol. The summed E-state index contributed by atoms with van der Waals surface area (Å²) < 4.78 is 35.0. The van der Waals surface area contributed by atoms with Gasteiger partial charge in [-0.15, -0.1) is 0 Å². The third-order valence-corrected chi connectivity index (χ3v) is 20.2. The summed E-state index contributed by atoms with van der Waals surface area (Å²) in [5.41, 5.74) is 0. The number of nitrogens with one attached hydrogen (secondary N) is 2. The lowest BCUT2D eigenvalue weighted by Crippen LogP contribution is -2.70. The number of hydrogen-bond acceptors (Lipinski definition) is 20. The summed E-state index contributed by atoms with van der Waals surface area (Å²) in [7, 11) is 0. The van der Waals surface area contributed by atoms with E-state index in [0.29, 0.717) is 19.3 Å². The Labute approximate surface area is 594 Å². The topological polar surface area (TPSA) is 373 Å². The van der Waals surface area contributed by atoms with E-state index >= 15 is 0 Å². The van der Waals surface area contributed by atoms with Crippen LogP contribution in [0.1, 0.15) is 316 Å². The summed E-state index contributed by atoms with van der Waals surface area (Å²) in [5.74, 6) is -6.10. The highest BCUT2D eigenvalue weighted by Gasteiger charge is 2.60. The summed E-state index contributed by atoms with van der Waals surface area (Å²) in [6, 6.07) is -2.53. The van der Waals surface area contributed by atoms with Crippen molar-refractivity contribution in [3.8, 4) is 0 Å². The Morgan fingerprint density at radius 1 is 0.515 bits per heavy atom. The van der Waals surface area contributed by atoms with E-state index in [4.69, 9.17) is 28.4 Å². The number of allylic oxidation sites excluding steroid dienone is 2. The van der Waals surface area contributed by atoms with Crippen LogP contribution in [0.3, 0.4) is 0 Å². The second-order valence-electron chi connectivity index (χ2n) is 28.9. The van der Waals surface area contributed by atoms with Gasteiger partial charge in [0.1, 0.15) is 67.1 Å². The fourth-order valence-electron chi connectivity index (χ4n) is 13.9. The first-order chi connectivity index (χ1) is 47.9. The molecule has 99 heavy (non-hydrogen) atoms. The van der Waals surface area contributed by atoms with E-state index in [1.165, 1.54) is 205 Å². The molecule has 3 saturated heterocycles. The SMILES string of the molecule is CCCCCCCCCCCCCC/C=C\CCCCCCCCCCC(=O)NC(COC1OC(CO)C(OC2OC(CO)C(O)C(OC3(C(=O)O)CC(O)C(NC(C)=O)C(C(O)C(O)CO)O3)C2O)C(O)C1O)C(O)CCCCCCCCCCCCCCCCCCCCCCC. The van der Waals surface area contributed by atoms with Crippen LogP contribution in [-0.4, -0.2) is 215 Å². The van der Waals surface area contributed by atoms with Crippen molar-refractivity contribution in [1.29, 1.82) is 0 Å². The van der Waals surface area contributed by atoms with Gasteiger partial charge in [-0.1, -0.05) is 270 Å². The molecule has 0 saturated carbocycles. The summed E-state index contributed by atoms with van der Waals surface area (Å²) in [4.78, 5) is 38.7. The molecular formula is C76H142N2O21. The maximum Gasteiger partial charge on any atom is 0.364 e. The predicted octanol–water partition coefficient (Wildman–Crippen LogP) is 9.80. The Morgan fingerprint density at radius 2 is 0.939 bits per heavy atom. The number of carboxylic acids is 1. The van der Waals surface area contributed by atoms with Crippen molar-refractivity contribution in [2.75, 3.05) is 26.4 Å². The van der Waals surface area contributed by atoms with Crippen LogP contribution in [-0.2, 0) is 42.8 Å². The minimum atomic E-state index is -3.08. The van der Waals surface area contributed by atoms with Crippen LogP contribution in [0.25, 0.3) is 0 Å². The number of unbranched alkanes of at least 4 members (excludes halogenated alkanes) is 40. The second-order valence-corrected chi connectivity index (χ2v) is 28.9. The highest BCUT2D eigenvalue weighted by molar-refractivity contribution is 5.77. The number of aliphatic carboxylic acids is 1. The zero-order valence-electron chi connectivity index (χ0n) is 61.4. The van der Waals surface area contributed by atoms with Gasteiger partial charge in [0.15, 0.2) is 12.6 Å². The molecule has 18 atom stereocenters. The van der Waals surface area contributed by atoms with E-state index in [-0.39, 0.29) is 18.9 Å². The number of carboxylic acid groups (broad SMARTS) is 1. The van der Waals surface area contributed by atoms with Gasteiger partial charge in [0.05, 0.1) is 50.7 Å². The van der Waals surface area contributed by atoms with Crippen molar-refractivity contribution in [3.63, 3.8) is 0 Å². The van der Waals surface area contributed by atoms with Crippen LogP contribution in [0.2, 0.25) is 0 Å². The lowest BCUT2D eigenvalue weighted by Gasteiger charge is -2.50. The number of rotatable bonds is 62. The average molecular weight is 1420 g/mol. The highest BCUT2D eigenvalue weighted by atomic mass is 16.8. The molecule has 582 valence electrons. The first-order valence-electron chi connectivity index (χ1n) is 39.5. The van der Waals surface area contributed by atoms with Crippen LogP contribution < -0.4 is 10.6 Å². The first-order valence-corrected chi connectivity index (χ1v) is 39.5. The van der Waals surface area contributed by atoms with Gasteiger partial charge in [-0.3, -0.25) is 9.59 Å². The largest absolute Gasteiger partial charge is 0.477 e. The predicted molar refractivity (Wildman–Crippen MR) is 380 cm³/mol. The number of carbonyl (C=O) groups is 3. The van der Waals surface area contributed by atoms with E-state index in [1.54, 1.807) is 0 Å². The molecule has 3 heterocycles. The van der Waals surface area contributed by atoms with Crippen LogP contribution in [0.15, 0.2) is 12.2 Å². The number of aliphatic hydroxyl groups is 11. The highest BCUT2D eigenvalue weighted by Crippen LogP contribution is 2.39. The molecule has 3 rings (SSSR count). The van der Waals surface area contributed by atoms with Gasteiger partial charge in [0, 0.05) is 19.8 Å². The zero-order chi connectivity index (χ0) is 72.5. The molecule has 0 radical (unpaired) electrons.